The van der Waals surface area contributed by atoms with E-state index in [1.807, 2.05) is 23.1 Å². The number of hydrogen-bond donors (Lipinski definition) is 0. The number of likely N-dealkylation sites (tertiary alicyclic amines) is 1. The topological polar surface area (TPSA) is 38.9 Å². The fourth-order valence-electron chi connectivity index (χ4n) is 3.43. The smallest absolute Gasteiger partial charge is 0.122 e. The van der Waals surface area contributed by atoms with E-state index in [1.54, 1.807) is 0 Å². The summed E-state index contributed by atoms with van der Waals surface area (Å²) in [5, 5.41) is 4.32. The van der Waals surface area contributed by atoms with Crippen molar-refractivity contribution in [2.75, 3.05) is 6.54 Å². The minimum atomic E-state index is 0.657. The van der Waals surface area contributed by atoms with Gasteiger partial charge in [-0.15, -0.1) is 0 Å². The van der Waals surface area contributed by atoms with Crippen molar-refractivity contribution in [3.05, 3.63) is 36.7 Å². The molecule has 0 bridgehead atoms. The Hall–Kier alpha value is -1.62. The van der Waals surface area contributed by atoms with Gasteiger partial charge in [0.1, 0.15) is 5.82 Å². The van der Waals surface area contributed by atoms with E-state index in [0.29, 0.717) is 6.04 Å². The highest BCUT2D eigenvalue weighted by Crippen LogP contribution is 2.22. The first-order valence-corrected chi connectivity index (χ1v) is 8.58. The molecule has 3 rings (SSSR count). The van der Waals surface area contributed by atoms with Crippen LogP contribution in [0.2, 0.25) is 0 Å². The zero-order chi connectivity index (χ0) is 15.2. The maximum Gasteiger partial charge on any atom is 0.122 e. The summed E-state index contributed by atoms with van der Waals surface area (Å²) in [5.41, 5.74) is 0. The van der Waals surface area contributed by atoms with E-state index in [-0.39, 0.29) is 0 Å². The Labute approximate surface area is 133 Å². The van der Waals surface area contributed by atoms with Gasteiger partial charge >= 0.3 is 0 Å². The molecule has 120 valence electrons. The second-order valence-electron chi connectivity index (χ2n) is 6.21. The lowest BCUT2D eigenvalue weighted by Gasteiger charge is -2.35. The van der Waals surface area contributed by atoms with Crippen molar-refractivity contribution < 1.29 is 0 Å². The Bertz CT molecular complexity index is 545. The molecule has 22 heavy (non-hydrogen) atoms. The molecule has 0 N–H and O–H groups in total. The van der Waals surface area contributed by atoms with Crippen LogP contribution in [0.25, 0.3) is 0 Å². The first-order chi connectivity index (χ1) is 10.9. The summed E-state index contributed by atoms with van der Waals surface area (Å²) in [6.07, 6.45) is 14.3. The van der Waals surface area contributed by atoms with Gasteiger partial charge in [-0.1, -0.05) is 13.3 Å². The normalized spacial score (nSPS) is 19.6. The van der Waals surface area contributed by atoms with Crippen LogP contribution in [-0.4, -0.2) is 36.8 Å². The number of hydrogen-bond acceptors (Lipinski definition) is 3. The largest absolute Gasteiger partial charge is 0.334 e. The lowest BCUT2D eigenvalue weighted by Crippen LogP contribution is -2.40. The maximum absolute atomic E-state index is 4.58. The van der Waals surface area contributed by atoms with Crippen LogP contribution in [0, 0.1) is 0 Å². The summed E-state index contributed by atoms with van der Waals surface area (Å²) >= 11 is 0. The monoisotopic (exact) mass is 301 g/mol. The molecule has 5 nitrogen and oxygen atoms in total. The zero-order valence-corrected chi connectivity index (χ0v) is 13.6. The van der Waals surface area contributed by atoms with Crippen LogP contribution in [-0.2, 0) is 19.6 Å². The molecule has 1 aliphatic rings. The molecule has 2 aromatic heterocycles. The molecule has 1 unspecified atom stereocenters. The second-order valence-corrected chi connectivity index (χ2v) is 6.21. The van der Waals surface area contributed by atoms with E-state index in [2.05, 4.69) is 38.9 Å². The van der Waals surface area contributed by atoms with Gasteiger partial charge < -0.3 is 4.57 Å². The Morgan fingerprint density at radius 1 is 1.18 bits per heavy atom. The molecule has 0 aliphatic carbocycles. The van der Waals surface area contributed by atoms with E-state index in [9.17, 15) is 0 Å². The van der Waals surface area contributed by atoms with Crippen LogP contribution in [0.15, 0.2) is 30.9 Å². The van der Waals surface area contributed by atoms with Gasteiger partial charge in [0, 0.05) is 43.9 Å². The molecule has 1 fully saturated rings. The van der Waals surface area contributed by atoms with Gasteiger partial charge in [-0.05, 0) is 38.3 Å². The average Bonchev–Trinajstić information content (AvgIpc) is 3.19. The maximum atomic E-state index is 4.58. The lowest BCUT2D eigenvalue weighted by atomic mass is 9.99. The summed E-state index contributed by atoms with van der Waals surface area (Å²) in [5.74, 6) is 1.22. The van der Waals surface area contributed by atoms with Crippen LogP contribution in [0.3, 0.4) is 0 Å². The molecule has 2 aromatic rings. The molecule has 5 heteroatoms. The van der Waals surface area contributed by atoms with Crippen molar-refractivity contribution in [2.24, 2.45) is 0 Å². The van der Waals surface area contributed by atoms with E-state index in [1.165, 1.54) is 38.1 Å². The van der Waals surface area contributed by atoms with Crippen molar-refractivity contribution in [1.82, 2.24) is 24.2 Å². The summed E-state index contributed by atoms with van der Waals surface area (Å²) < 4.78 is 4.35. The van der Waals surface area contributed by atoms with Gasteiger partial charge in [0.25, 0.3) is 0 Å². The quantitative estimate of drug-likeness (QED) is 0.789. The molecule has 3 heterocycles. The third-order valence-corrected chi connectivity index (χ3v) is 4.61. The Kier molecular flexibility index (Phi) is 5.27. The molecular formula is C17H27N5. The van der Waals surface area contributed by atoms with Crippen molar-refractivity contribution in [2.45, 2.75) is 64.7 Å². The summed E-state index contributed by atoms with van der Waals surface area (Å²) in [7, 11) is 0. The second kappa shape index (κ2) is 7.58. The van der Waals surface area contributed by atoms with Gasteiger partial charge in [-0.3, -0.25) is 9.58 Å². The van der Waals surface area contributed by atoms with Crippen LogP contribution >= 0.6 is 0 Å². The molecule has 1 saturated heterocycles. The van der Waals surface area contributed by atoms with Gasteiger partial charge in [0.15, 0.2) is 0 Å². The highest BCUT2D eigenvalue weighted by atomic mass is 15.3. The molecule has 0 spiro atoms. The Balaban J connectivity index is 1.60. The minimum absolute atomic E-state index is 0.657. The molecule has 0 amide bonds. The number of piperidine rings is 1. The highest BCUT2D eigenvalue weighted by molar-refractivity contribution is 4.94. The van der Waals surface area contributed by atoms with Crippen LogP contribution in [0.4, 0.5) is 0 Å². The van der Waals surface area contributed by atoms with E-state index in [0.717, 1.165) is 26.1 Å². The van der Waals surface area contributed by atoms with Crippen LogP contribution in [0.5, 0.6) is 0 Å². The van der Waals surface area contributed by atoms with Gasteiger partial charge in [-0.25, -0.2) is 4.98 Å². The average molecular weight is 301 g/mol. The van der Waals surface area contributed by atoms with Crippen molar-refractivity contribution >= 4 is 0 Å². The molecule has 0 saturated carbocycles. The molecular weight excluding hydrogens is 274 g/mol. The van der Waals surface area contributed by atoms with Crippen LogP contribution < -0.4 is 0 Å². The number of nitrogens with zero attached hydrogens (tertiary/aromatic N) is 5. The molecule has 0 aromatic carbocycles. The molecule has 1 atom stereocenters. The minimum Gasteiger partial charge on any atom is -0.334 e. The first-order valence-electron chi connectivity index (χ1n) is 8.58. The zero-order valence-electron chi connectivity index (χ0n) is 13.6. The summed E-state index contributed by atoms with van der Waals surface area (Å²) in [6.45, 7) is 6.48. The van der Waals surface area contributed by atoms with Crippen molar-refractivity contribution in [3.63, 3.8) is 0 Å². The summed E-state index contributed by atoms with van der Waals surface area (Å²) in [6, 6.07) is 2.66. The number of aryl methyl sites for hydroxylation is 2. The predicted molar refractivity (Wildman–Crippen MR) is 87.4 cm³/mol. The SMILES string of the molecule is CCCn1ccnc1CN1CCCCC1CCn1cccn1. The van der Waals surface area contributed by atoms with Crippen molar-refractivity contribution in [1.29, 1.82) is 0 Å². The van der Waals surface area contributed by atoms with Gasteiger partial charge in [0.05, 0.1) is 6.54 Å². The summed E-state index contributed by atoms with van der Waals surface area (Å²) in [4.78, 5) is 7.20. The fraction of sp³-hybridized carbons (Fsp3) is 0.647. The third-order valence-electron chi connectivity index (χ3n) is 4.61. The number of aromatic nitrogens is 4. The fourth-order valence-corrected chi connectivity index (χ4v) is 3.43. The highest BCUT2D eigenvalue weighted by Gasteiger charge is 2.23. The van der Waals surface area contributed by atoms with E-state index >= 15 is 0 Å². The Morgan fingerprint density at radius 3 is 2.95 bits per heavy atom. The van der Waals surface area contributed by atoms with E-state index in [4.69, 9.17) is 0 Å². The Morgan fingerprint density at radius 2 is 2.14 bits per heavy atom. The van der Waals surface area contributed by atoms with Gasteiger partial charge in [-0.2, -0.15) is 5.10 Å². The third kappa shape index (κ3) is 3.77. The lowest BCUT2D eigenvalue weighted by molar-refractivity contribution is 0.122. The molecule has 1 aliphatic heterocycles. The van der Waals surface area contributed by atoms with E-state index < -0.39 is 0 Å². The standard InChI is InChI=1S/C17H27N5/c1-2-10-20-14-9-18-17(20)15-21-11-4-3-6-16(21)7-13-22-12-5-8-19-22/h5,8-9,12,14,16H,2-4,6-7,10-11,13,15H2,1H3. The molecule has 0 radical (unpaired) electrons. The number of imidazole rings is 1. The van der Waals surface area contributed by atoms with Crippen molar-refractivity contribution in [3.8, 4) is 0 Å². The van der Waals surface area contributed by atoms with Crippen LogP contribution in [0.1, 0.15) is 44.9 Å². The van der Waals surface area contributed by atoms with Gasteiger partial charge in [0.2, 0.25) is 0 Å². The first kappa shape index (κ1) is 15.3. The number of rotatable bonds is 7. The predicted octanol–water partition coefficient (Wildman–Crippen LogP) is 2.93.